The van der Waals surface area contributed by atoms with Crippen LogP contribution >= 0.6 is 12.2 Å². The van der Waals surface area contributed by atoms with Crippen LogP contribution in [0.4, 0.5) is 0 Å². The molecule has 0 atom stereocenters. The van der Waals surface area contributed by atoms with Crippen molar-refractivity contribution in [3.05, 3.63) is 56.7 Å². The zero-order valence-corrected chi connectivity index (χ0v) is 11.2. The van der Waals surface area contributed by atoms with Gasteiger partial charge < -0.3 is 0 Å². The molecular formula is C13H9N3O3S. The van der Waals surface area contributed by atoms with Crippen LogP contribution in [-0.4, -0.2) is 33.3 Å². The van der Waals surface area contributed by atoms with Crippen LogP contribution in [0.2, 0.25) is 0 Å². The van der Waals surface area contributed by atoms with Gasteiger partial charge in [-0.3, -0.25) is 28.8 Å². The first-order valence-corrected chi connectivity index (χ1v) is 6.18. The Kier molecular flexibility index (Phi) is 2.65. The number of amides is 2. The Morgan fingerprint density at radius 1 is 1.05 bits per heavy atom. The molecule has 1 aliphatic heterocycles. The van der Waals surface area contributed by atoms with Crippen molar-refractivity contribution in [3.63, 3.8) is 0 Å². The second-order valence-electron chi connectivity index (χ2n) is 4.38. The standard InChI is InChI=1S/C13H9N3O3S/c1-15-11(18)8-3-2-7(6-9(8)12(15)19)16-5-4-10(17)14-13(16)20/h2-6H,1H3,(H,14,17,20). The molecule has 1 N–H and O–H groups in total. The van der Waals surface area contributed by atoms with E-state index in [0.29, 0.717) is 16.8 Å². The third-order valence-electron chi connectivity index (χ3n) is 3.18. The average Bonchev–Trinajstić information content (AvgIpc) is 2.64. The van der Waals surface area contributed by atoms with Crippen molar-refractivity contribution in [1.29, 1.82) is 0 Å². The van der Waals surface area contributed by atoms with Gasteiger partial charge in [-0.05, 0) is 30.4 Å². The Bertz CT molecular complexity index is 866. The van der Waals surface area contributed by atoms with E-state index < -0.39 is 0 Å². The fourth-order valence-electron chi connectivity index (χ4n) is 2.12. The Morgan fingerprint density at radius 3 is 2.45 bits per heavy atom. The van der Waals surface area contributed by atoms with Crippen LogP contribution in [-0.2, 0) is 0 Å². The van der Waals surface area contributed by atoms with Gasteiger partial charge in [-0.2, -0.15) is 0 Å². The smallest absolute Gasteiger partial charge is 0.261 e. The van der Waals surface area contributed by atoms with Gasteiger partial charge in [0.1, 0.15) is 0 Å². The van der Waals surface area contributed by atoms with Crippen LogP contribution < -0.4 is 5.56 Å². The minimum absolute atomic E-state index is 0.225. The van der Waals surface area contributed by atoms with Crippen molar-refractivity contribution in [2.24, 2.45) is 0 Å². The molecule has 2 aromatic rings. The Morgan fingerprint density at radius 2 is 1.75 bits per heavy atom. The maximum absolute atomic E-state index is 11.9. The van der Waals surface area contributed by atoms with Crippen LogP contribution in [0.3, 0.4) is 0 Å². The highest BCUT2D eigenvalue weighted by molar-refractivity contribution is 7.71. The Hall–Kier alpha value is -2.54. The van der Waals surface area contributed by atoms with Crippen molar-refractivity contribution >= 4 is 24.0 Å². The molecule has 0 unspecified atom stereocenters. The number of hydrogen-bond acceptors (Lipinski definition) is 4. The number of nitrogens with one attached hydrogen (secondary N) is 1. The number of nitrogens with zero attached hydrogens (tertiary/aromatic N) is 2. The van der Waals surface area contributed by atoms with Gasteiger partial charge in [0.05, 0.1) is 11.1 Å². The molecule has 6 nitrogen and oxygen atoms in total. The molecule has 2 amide bonds. The second-order valence-corrected chi connectivity index (χ2v) is 4.77. The van der Waals surface area contributed by atoms with E-state index in [2.05, 4.69) is 4.98 Å². The average molecular weight is 287 g/mol. The molecule has 1 aromatic heterocycles. The van der Waals surface area contributed by atoms with Gasteiger partial charge in [0.25, 0.3) is 17.4 Å². The lowest BCUT2D eigenvalue weighted by molar-refractivity contribution is 0.0693. The fourth-order valence-corrected chi connectivity index (χ4v) is 2.39. The van der Waals surface area contributed by atoms with Gasteiger partial charge in [-0.1, -0.05) is 0 Å². The third-order valence-corrected chi connectivity index (χ3v) is 3.47. The molecule has 2 heterocycles. The number of aromatic amines is 1. The zero-order valence-electron chi connectivity index (χ0n) is 10.4. The molecule has 0 saturated carbocycles. The van der Waals surface area contributed by atoms with E-state index in [4.69, 9.17) is 12.2 Å². The van der Waals surface area contributed by atoms with E-state index in [1.54, 1.807) is 22.8 Å². The van der Waals surface area contributed by atoms with Gasteiger partial charge >= 0.3 is 0 Å². The van der Waals surface area contributed by atoms with E-state index in [9.17, 15) is 14.4 Å². The summed E-state index contributed by atoms with van der Waals surface area (Å²) < 4.78 is 1.79. The number of fused-ring (bicyclic) bond motifs is 1. The maximum atomic E-state index is 11.9. The summed E-state index contributed by atoms with van der Waals surface area (Å²) >= 11 is 5.07. The predicted molar refractivity (Wildman–Crippen MR) is 73.6 cm³/mol. The molecule has 3 rings (SSSR count). The number of carbonyl (C=O) groups excluding carboxylic acids is 2. The summed E-state index contributed by atoms with van der Waals surface area (Å²) in [6, 6.07) is 6.19. The largest absolute Gasteiger partial charge is 0.299 e. The van der Waals surface area contributed by atoms with E-state index in [1.165, 1.54) is 19.3 Å². The molecule has 7 heteroatoms. The molecule has 20 heavy (non-hydrogen) atoms. The number of rotatable bonds is 1. The predicted octanol–water partition coefficient (Wildman–Crippen LogP) is 1.12. The van der Waals surface area contributed by atoms with E-state index in [0.717, 1.165) is 4.90 Å². The summed E-state index contributed by atoms with van der Waals surface area (Å²) in [5.74, 6) is -0.663. The summed E-state index contributed by atoms with van der Waals surface area (Å²) in [6.45, 7) is 0. The number of hydrogen-bond donors (Lipinski definition) is 1. The van der Waals surface area contributed by atoms with Crippen molar-refractivity contribution in [2.45, 2.75) is 0 Å². The number of carbonyl (C=O) groups is 2. The SMILES string of the molecule is CN1C(=O)c2ccc(-n3ccc(=O)[nH]c3=S)cc2C1=O. The van der Waals surface area contributed by atoms with Crippen LogP contribution in [0.1, 0.15) is 20.7 Å². The summed E-state index contributed by atoms with van der Waals surface area (Å²) in [4.78, 5) is 38.5. The minimum Gasteiger partial charge on any atom is -0.299 e. The van der Waals surface area contributed by atoms with Crippen LogP contribution in [0.15, 0.2) is 35.3 Å². The van der Waals surface area contributed by atoms with Gasteiger partial charge in [0.2, 0.25) is 0 Å². The Balaban J connectivity index is 2.20. The third kappa shape index (κ3) is 1.71. The zero-order chi connectivity index (χ0) is 14.4. The number of imide groups is 1. The monoisotopic (exact) mass is 287 g/mol. The lowest BCUT2D eigenvalue weighted by atomic mass is 10.1. The number of benzene rings is 1. The quantitative estimate of drug-likeness (QED) is 0.630. The van der Waals surface area contributed by atoms with E-state index >= 15 is 0 Å². The normalized spacial score (nSPS) is 13.8. The molecule has 1 aliphatic rings. The van der Waals surface area contributed by atoms with Gasteiger partial charge in [-0.15, -0.1) is 0 Å². The summed E-state index contributed by atoms with van der Waals surface area (Å²) in [5, 5.41) is 0. The minimum atomic E-state index is -0.345. The molecule has 0 fully saturated rings. The first-order chi connectivity index (χ1) is 9.49. The topological polar surface area (TPSA) is 75.2 Å². The molecule has 100 valence electrons. The molecule has 0 spiro atoms. The Labute approximate surface area is 118 Å². The lowest BCUT2D eigenvalue weighted by Gasteiger charge is -2.06. The molecule has 0 aliphatic carbocycles. The van der Waals surface area contributed by atoms with Gasteiger partial charge in [0.15, 0.2) is 4.77 Å². The van der Waals surface area contributed by atoms with Crippen molar-refractivity contribution in [2.75, 3.05) is 7.05 Å². The number of aromatic nitrogens is 2. The number of H-pyrrole nitrogens is 1. The molecular weight excluding hydrogens is 278 g/mol. The van der Waals surface area contributed by atoms with Crippen LogP contribution in [0.5, 0.6) is 0 Å². The molecule has 0 saturated heterocycles. The molecule has 1 aromatic carbocycles. The first kappa shape index (κ1) is 12.5. The second kappa shape index (κ2) is 4.24. The van der Waals surface area contributed by atoms with Crippen molar-refractivity contribution < 1.29 is 9.59 Å². The van der Waals surface area contributed by atoms with Crippen LogP contribution in [0.25, 0.3) is 5.69 Å². The summed E-state index contributed by atoms with van der Waals surface area (Å²) in [7, 11) is 1.44. The van der Waals surface area contributed by atoms with Crippen molar-refractivity contribution in [3.8, 4) is 5.69 Å². The summed E-state index contributed by atoms with van der Waals surface area (Å²) in [6.07, 6.45) is 1.52. The fraction of sp³-hybridized carbons (Fsp3) is 0.0769. The van der Waals surface area contributed by atoms with Gasteiger partial charge in [0, 0.05) is 25.0 Å². The molecule has 0 radical (unpaired) electrons. The first-order valence-electron chi connectivity index (χ1n) is 5.78. The van der Waals surface area contributed by atoms with Crippen molar-refractivity contribution in [1.82, 2.24) is 14.5 Å². The van der Waals surface area contributed by atoms with E-state index in [1.807, 2.05) is 0 Å². The van der Waals surface area contributed by atoms with Crippen LogP contribution in [0, 0.1) is 4.77 Å². The molecule has 0 bridgehead atoms. The highest BCUT2D eigenvalue weighted by atomic mass is 32.1. The highest BCUT2D eigenvalue weighted by Crippen LogP contribution is 2.24. The highest BCUT2D eigenvalue weighted by Gasteiger charge is 2.32. The van der Waals surface area contributed by atoms with E-state index in [-0.39, 0.29) is 22.1 Å². The lowest BCUT2D eigenvalue weighted by Crippen LogP contribution is -2.24. The summed E-state index contributed by atoms with van der Waals surface area (Å²) in [5.41, 5.74) is 1.03. The van der Waals surface area contributed by atoms with Gasteiger partial charge in [-0.25, -0.2) is 0 Å². The maximum Gasteiger partial charge on any atom is 0.261 e.